The first-order valence-corrected chi connectivity index (χ1v) is 11.6. The molecule has 3 rings (SSSR count). The molecular weight excluding hydrogens is 498 g/mol. The molecule has 0 aliphatic carbocycles. The van der Waals surface area contributed by atoms with Crippen molar-refractivity contribution in [1.82, 2.24) is 5.32 Å². The Balaban J connectivity index is 1.74. The second kappa shape index (κ2) is 12.2. The van der Waals surface area contributed by atoms with Gasteiger partial charge in [-0.25, -0.2) is 9.59 Å². The van der Waals surface area contributed by atoms with Gasteiger partial charge in [0.1, 0.15) is 31.0 Å². The molecule has 0 spiro atoms. The smallest absolute Gasteiger partial charge is 0.336 e. The number of carbonyl (C=O) groups excluding carboxylic acids is 2. The Labute approximate surface area is 212 Å². The third kappa shape index (κ3) is 5.73. The highest BCUT2D eigenvalue weighted by molar-refractivity contribution is 6.31. The minimum atomic E-state index is -1.59. The van der Waals surface area contributed by atoms with Crippen molar-refractivity contribution in [1.29, 1.82) is 0 Å². The molecular formula is C24H30ClNO10. The molecule has 198 valence electrons. The Morgan fingerprint density at radius 1 is 1.00 bits per heavy atom. The fourth-order valence-corrected chi connectivity index (χ4v) is 4.49. The van der Waals surface area contributed by atoms with Gasteiger partial charge < -0.3 is 44.7 Å². The van der Waals surface area contributed by atoms with Gasteiger partial charge in [0.2, 0.25) is 0 Å². The third-order valence-corrected chi connectivity index (χ3v) is 6.39. The molecule has 0 amide bonds. The van der Waals surface area contributed by atoms with Crippen molar-refractivity contribution in [2.45, 2.75) is 50.5 Å². The molecule has 0 saturated carbocycles. The molecule has 5 N–H and O–H groups in total. The van der Waals surface area contributed by atoms with Crippen LogP contribution in [0.25, 0.3) is 0 Å². The number of allylic oxidation sites excluding steroid dienone is 2. The number of benzene rings is 1. The predicted octanol–water partition coefficient (Wildman–Crippen LogP) is 0.108. The standard InChI is InChI=1S/C24H30ClNO10/c1-11-16(22(31)33-3)18(13-6-4-5-7-14(13)25)17(12(2)26-11)23(32)34-8-9-35-24-21(30)20(29)19(28)15(10-27)36-24/h4-7,15,18-21,24,26-30H,8-10H2,1-3H3/t15-,18?,19-,20+,21-,24-/m1/s1. The Morgan fingerprint density at radius 2 is 1.64 bits per heavy atom. The Kier molecular flexibility index (Phi) is 9.47. The molecule has 12 heteroatoms. The summed E-state index contributed by atoms with van der Waals surface area (Å²) in [4.78, 5) is 25.9. The van der Waals surface area contributed by atoms with E-state index in [1.807, 2.05) is 0 Å². The summed E-state index contributed by atoms with van der Waals surface area (Å²) in [5.41, 5.74) is 1.85. The van der Waals surface area contributed by atoms with Gasteiger partial charge in [0.05, 0.1) is 37.4 Å². The van der Waals surface area contributed by atoms with Crippen LogP contribution in [0.5, 0.6) is 0 Å². The molecule has 1 saturated heterocycles. The maximum Gasteiger partial charge on any atom is 0.336 e. The van der Waals surface area contributed by atoms with Crippen molar-refractivity contribution < 1.29 is 49.0 Å². The first-order valence-electron chi connectivity index (χ1n) is 11.2. The number of dihydropyridines is 1. The molecule has 2 aliphatic heterocycles. The molecule has 0 aromatic heterocycles. The van der Waals surface area contributed by atoms with Gasteiger partial charge in [0, 0.05) is 16.4 Å². The van der Waals surface area contributed by atoms with Crippen LogP contribution >= 0.6 is 11.6 Å². The van der Waals surface area contributed by atoms with Crippen molar-refractivity contribution in [3.63, 3.8) is 0 Å². The zero-order valence-corrected chi connectivity index (χ0v) is 20.8. The molecule has 11 nitrogen and oxygen atoms in total. The van der Waals surface area contributed by atoms with E-state index < -0.39 is 55.2 Å². The second-order valence-electron chi connectivity index (χ2n) is 8.35. The molecule has 0 bridgehead atoms. The lowest BCUT2D eigenvalue weighted by molar-refractivity contribution is -0.302. The zero-order chi connectivity index (χ0) is 26.6. The number of carbonyl (C=O) groups is 2. The van der Waals surface area contributed by atoms with Crippen LogP contribution in [0.1, 0.15) is 25.3 Å². The normalized spacial score (nSPS) is 28.6. The number of aliphatic hydroxyl groups excluding tert-OH is 4. The molecule has 0 radical (unpaired) electrons. The first-order chi connectivity index (χ1) is 17.1. The maximum atomic E-state index is 13.2. The van der Waals surface area contributed by atoms with Crippen LogP contribution in [0.3, 0.4) is 0 Å². The second-order valence-corrected chi connectivity index (χ2v) is 8.76. The summed E-state index contributed by atoms with van der Waals surface area (Å²) in [6.07, 6.45) is -7.16. The zero-order valence-electron chi connectivity index (χ0n) is 20.0. The number of esters is 2. The molecule has 2 heterocycles. The Morgan fingerprint density at radius 3 is 2.25 bits per heavy atom. The summed E-state index contributed by atoms with van der Waals surface area (Å²) in [6, 6.07) is 6.82. The van der Waals surface area contributed by atoms with Crippen molar-refractivity contribution in [3.05, 3.63) is 57.4 Å². The van der Waals surface area contributed by atoms with Gasteiger partial charge in [-0.15, -0.1) is 0 Å². The van der Waals surface area contributed by atoms with Crippen LogP contribution in [0.4, 0.5) is 0 Å². The molecule has 1 aromatic carbocycles. The monoisotopic (exact) mass is 527 g/mol. The van der Waals surface area contributed by atoms with Crippen molar-refractivity contribution in [2.24, 2.45) is 0 Å². The van der Waals surface area contributed by atoms with Crippen LogP contribution in [0.15, 0.2) is 46.8 Å². The van der Waals surface area contributed by atoms with Crippen LogP contribution in [0.2, 0.25) is 5.02 Å². The number of ether oxygens (including phenoxy) is 4. The van der Waals surface area contributed by atoms with Crippen molar-refractivity contribution in [3.8, 4) is 0 Å². The van der Waals surface area contributed by atoms with Gasteiger partial charge >= 0.3 is 11.9 Å². The van der Waals surface area contributed by atoms with E-state index in [0.29, 0.717) is 22.0 Å². The molecule has 1 unspecified atom stereocenters. The van der Waals surface area contributed by atoms with Crippen LogP contribution in [-0.2, 0) is 28.5 Å². The van der Waals surface area contributed by atoms with Crippen LogP contribution in [0, 0.1) is 0 Å². The van der Waals surface area contributed by atoms with E-state index in [9.17, 15) is 30.0 Å². The van der Waals surface area contributed by atoms with Gasteiger partial charge in [0.25, 0.3) is 0 Å². The summed E-state index contributed by atoms with van der Waals surface area (Å²) in [5, 5.41) is 42.4. The summed E-state index contributed by atoms with van der Waals surface area (Å²) < 4.78 is 21.0. The fraction of sp³-hybridized carbons (Fsp3) is 0.500. The molecule has 2 aliphatic rings. The predicted molar refractivity (Wildman–Crippen MR) is 125 cm³/mol. The summed E-state index contributed by atoms with van der Waals surface area (Å²) >= 11 is 6.42. The first kappa shape index (κ1) is 28.1. The lowest BCUT2D eigenvalue weighted by atomic mass is 9.80. The number of methoxy groups -OCH3 is 1. The van der Waals surface area contributed by atoms with Gasteiger partial charge in [-0.3, -0.25) is 0 Å². The number of hydrogen-bond acceptors (Lipinski definition) is 11. The average molecular weight is 528 g/mol. The number of halogens is 1. The van der Waals surface area contributed by atoms with Crippen molar-refractivity contribution >= 4 is 23.5 Å². The molecule has 1 aromatic rings. The Hall–Kier alpha value is -2.51. The van der Waals surface area contributed by atoms with Gasteiger partial charge in [-0.05, 0) is 25.5 Å². The minimum absolute atomic E-state index is 0.155. The topological polar surface area (TPSA) is 164 Å². The number of rotatable bonds is 8. The van der Waals surface area contributed by atoms with E-state index in [2.05, 4.69) is 5.32 Å². The summed E-state index contributed by atoms with van der Waals surface area (Å²) in [5.74, 6) is -2.23. The summed E-state index contributed by atoms with van der Waals surface area (Å²) in [7, 11) is 1.24. The third-order valence-electron chi connectivity index (χ3n) is 6.05. The van der Waals surface area contributed by atoms with Gasteiger partial charge in [0.15, 0.2) is 6.29 Å². The lowest BCUT2D eigenvalue weighted by Gasteiger charge is -2.39. The largest absolute Gasteiger partial charge is 0.466 e. The van der Waals surface area contributed by atoms with E-state index in [1.165, 1.54) is 7.11 Å². The molecule has 6 atom stereocenters. The quantitative estimate of drug-likeness (QED) is 0.230. The van der Waals surface area contributed by atoms with E-state index in [0.717, 1.165) is 0 Å². The maximum absolute atomic E-state index is 13.2. The number of aliphatic hydroxyl groups is 4. The summed E-state index contributed by atoms with van der Waals surface area (Å²) in [6.45, 7) is 2.26. The lowest BCUT2D eigenvalue weighted by Crippen LogP contribution is -2.59. The van der Waals surface area contributed by atoms with Crippen LogP contribution in [-0.4, -0.2) is 90.0 Å². The van der Waals surface area contributed by atoms with Gasteiger partial charge in [-0.2, -0.15) is 0 Å². The Bertz CT molecular complexity index is 1040. The van der Waals surface area contributed by atoms with Gasteiger partial charge in [-0.1, -0.05) is 29.8 Å². The van der Waals surface area contributed by atoms with E-state index in [4.69, 9.17) is 30.5 Å². The number of hydrogen-bond donors (Lipinski definition) is 5. The fourth-order valence-electron chi connectivity index (χ4n) is 4.25. The molecule has 1 fully saturated rings. The van der Waals surface area contributed by atoms with E-state index in [-0.39, 0.29) is 24.4 Å². The van der Waals surface area contributed by atoms with Crippen molar-refractivity contribution in [2.75, 3.05) is 26.9 Å². The number of nitrogens with one attached hydrogen (secondary N) is 1. The highest BCUT2D eigenvalue weighted by Gasteiger charge is 2.44. The average Bonchev–Trinajstić information content (AvgIpc) is 2.85. The molecule has 36 heavy (non-hydrogen) atoms. The minimum Gasteiger partial charge on any atom is -0.466 e. The SMILES string of the molecule is COC(=O)C1=C(C)NC(C)=C(C(=O)OCCO[C@@H]2O[C@H](CO)[C@@H](O)[C@H](O)[C@H]2O)C1c1ccccc1Cl. The highest BCUT2D eigenvalue weighted by atomic mass is 35.5. The van der Waals surface area contributed by atoms with E-state index >= 15 is 0 Å². The highest BCUT2D eigenvalue weighted by Crippen LogP contribution is 2.41. The van der Waals surface area contributed by atoms with Crippen LogP contribution < -0.4 is 5.32 Å². The van der Waals surface area contributed by atoms with E-state index in [1.54, 1.807) is 38.1 Å².